The van der Waals surface area contributed by atoms with Crippen LogP contribution in [-0.4, -0.2) is 22.2 Å². The highest BCUT2D eigenvalue weighted by Crippen LogP contribution is 2.48. The summed E-state index contributed by atoms with van der Waals surface area (Å²) in [5.74, 6) is -0.544. The number of aromatic nitrogens is 1. The fourth-order valence-corrected chi connectivity index (χ4v) is 4.55. The lowest BCUT2D eigenvalue weighted by Crippen LogP contribution is -2.19. The lowest BCUT2D eigenvalue weighted by Gasteiger charge is -2.13. The van der Waals surface area contributed by atoms with Crippen molar-refractivity contribution in [2.45, 2.75) is 44.6 Å². The van der Waals surface area contributed by atoms with E-state index in [1.165, 1.54) is 0 Å². The van der Waals surface area contributed by atoms with E-state index in [1.807, 2.05) is 92.7 Å². The van der Waals surface area contributed by atoms with Crippen LogP contribution in [0.15, 0.2) is 83.4 Å². The first-order chi connectivity index (χ1) is 17.4. The first-order valence-corrected chi connectivity index (χ1v) is 12.0. The van der Waals surface area contributed by atoms with Crippen molar-refractivity contribution in [3.63, 3.8) is 0 Å². The number of esters is 1. The second-order valence-electron chi connectivity index (χ2n) is 9.34. The van der Waals surface area contributed by atoms with Crippen LogP contribution in [0.3, 0.4) is 0 Å². The van der Waals surface area contributed by atoms with Gasteiger partial charge in [0.05, 0.1) is 17.5 Å². The zero-order valence-electron chi connectivity index (χ0n) is 20.2. The largest absolute Gasteiger partial charge is 0.481 e. The van der Waals surface area contributed by atoms with Crippen molar-refractivity contribution in [1.29, 1.82) is 0 Å². The Labute approximate surface area is 209 Å². The highest BCUT2D eigenvalue weighted by atomic mass is 16.5. The maximum atomic E-state index is 12.7. The molecule has 182 valence electrons. The van der Waals surface area contributed by atoms with Gasteiger partial charge in [0.15, 0.2) is 5.76 Å². The monoisotopic (exact) mass is 480 g/mol. The van der Waals surface area contributed by atoms with Crippen LogP contribution < -0.4 is 0 Å². The SMILES string of the molecule is Cc1noc(-c2ccc(-c3ccc(C4(C(=O)O)CC4)cc3)cc2)c1C[11C](=O)O[C@H](C)c1ccccc1. The van der Waals surface area contributed by atoms with Gasteiger partial charge in [0.2, 0.25) is 0 Å². The van der Waals surface area contributed by atoms with Gasteiger partial charge < -0.3 is 14.4 Å². The standard InChI is InChI=1S/C30H27NO5/c1-19-26(18-27(32)35-20(2)21-6-4-3-5-7-21)28(36-31-19)24-10-8-22(9-11-24)23-12-14-25(15-13-23)30(16-17-30)29(33)34/h3-15,20H,16-18H2,1-2H3,(H,33,34)/t20-/m1/s1/i27-1. The van der Waals surface area contributed by atoms with Crippen LogP contribution in [0.1, 0.15) is 48.3 Å². The Hall–Kier alpha value is -4.19. The Morgan fingerprint density at radius 2 is 1.53 bits per heavy atom. The molecule has 1 aliphatic rings. The number of carboxylic acid groups (broad SMARTS) is 1. The lowest BCUT2D eigenvalue weighted by molar-refractivity contribution is -0.147. The smallest absolute Gasteiger partial charge is 0.314 e. The van der Waals surface area contributed by atoms with E-state index in [4.69, 9.17) is 9.26 Å². The topological polar surface area (TPSA) is 89.6 Å². The molecule has 0 bridgehead atoms. The van der Waals surface area contributed by atoms with Crippen molar-refractivity contribution < 1.29 is 24.0 Å². The van der Waals surface area contributed by atoms with E-state index in [-0.39, 0.29) is 18.5 Å². The minimum Gasteiger partial charge on any atom is -0.481 e. The third-order valence-corrected chi connectivity index (χ3v) is 6.96. The van der Waals surface area contributed by atoms with Crippen LogP contribution >= 0.6 is 0 Å². The van der Waals surface area contributed by atoms with E-state index in [0.717, 1.165) is 27.8 Å². The minimum absolute atomic E-state index is 0.0659. The van der Waals surface area contributed by atoms with Crippen molar-refractivity contribution in [2.24, 2.45) is 0 Å². The molecular weight excluding hydrogens is 453 g/mol. The number of benzene rings is 3. The Bertz CT molecular complexity index is 1380. The molecule has 1 heterocycles. The Morgan fingerprint density at radius 1 is 0.944 bits per heavy atom. The van der Waals surface area contributed by atoms with E-state index in [0.29, 0.717) is 29.9 Å². The number of aryl methyl sites for hydroxylation is 1. The summed E-state index contributed by atoms with van der Waals surface area (Å²) in [7, 11) is 0. The average molecular weight is 481 g/mol. The van der Waals surface area contributed by atoms with E-state index < -0.39 is 11.4 Å². The highest BCUT2D eigenvalue weighted by Gasteiger charge is 2.51. The predicted molar refractivity (Wildman–Crippen MR) is 135 cm³/mol. The number of hydrogen-bond acceptors (Lipinski definition) is 5. The van der Waals surface area contributed by atoms with Crippen LogP contribution in [0, 0.1) is 6.92 Å². The zero-order valence-corrected chi connectivity index (χ0v) is 20.2. The molecule has 1 atom stereocenters. The molecule has 4 aromatic rings. The molecular formula is C30H27NO5. The van der Waals surface area contributed by atoms with Gasteiger partial charge in [-0.2, -0.15) is 0 Å². The number of carbonyl (C=O) groups is 2. The molecule has 1 aromatic heterocycles. The fourth-order valence-electron chi connectivity index (χ4n) is 4.55. The Kier molecular flexibility index (Phi) is 6.18. The fraction of sp³-hybridized carbons (Fsp3) is 0.233. The molecule has 1 aliphatic carbocycles. The molecule has 3 aromatic carbocycles. The molecule has 1 N–H and O–H groups in total. The van der Waals surface area contributed by atoms with Crippen LogP contribution in [0.2, 0.25) is 0 Å². The number of rotatable bonds is 8. The molecule has 36 heavy (non-hydrogen) atoms. The maximum absolute atomic E-state index is 12.7. The molecule has 0 saturated heterocycles. The van der Waals surface area contributed by atoms with Crippen molar-refractivity contribution in [2.75, 3.05) is 0 Å². The second-order valence-corrected chi connectivity index (χ2v) is 9.34. The van der Waals surface area contributed by atoms with E-state index in [2.05, 4.69) is 5.16 Å². The summed E-state index contributed by atoms with van der Waals surface area (Å²) in [4.78, 5) is 24.3. The highest BCUT2D eigenvalue weighted by molar-refractivity contribution is 5.85. The number of nitrogens with zero attached hydrogens (tertiary/aromatic N) is 1. The van der Waals surface area contributed by atoms with Crippen molar-refractivity contribution in [3.8, 4) is 22.5 Å². The summed E-state index contributed by atoms with van der Waals surface area (Å²) in [5.41, 5.74) is 5.26. The number of carbonyl (C=O) groups excluding carboxylic acids is 1. The first-order valence-electron chi connectivity index (χ1n) is 12.0. The number of hydrogen-bond donors (Lipinski definition) is 1. The maximum Gasteiger partial charge on any atom is 0.314 e. The average Bonchev–Trinajstić information content (AvgIpc) is 3.64. The van der Waals surface area contributed by atoms with Gasteiger partial charge in [0.1, 0.15) is 6.10 Å². The molecule has 6 heteroatoms. The summed E-state index contributed by atoms with van der Waals surface area (Å²) in [6, 6.07) is 25.2. The van der Waals surface area contributed by atoms with Gasteiger partial charge in [-0.25, -0.2) is 0 Å². The summed E-state index contributed by atoms with van der Waals surface area (Å²) in [6.45, 7) is 3.67. The molecule has 1 saturated carbocycles. The molecule has 0 aliphatic heterocycles. The lowest BCUT2D eigenvalue weighted by atomic mass is 9.90. The minimum atomic E-state index is -0.754. The molecule has 0 radical (unpaired) electrons. The first kappa shape index (κ1) is 23.5. The van der Waals surface area contributed by atoms with E-state index in [9.17, 15) is 14.7 Å². The van der Waals surface area contributed by atoms with Gasteiger partial charge in [-0.15, -0.1) is 0 Å². The summed E-state index contributed by atoms with van der Waals surface area (Å²) >= 11 is 0. The number of ether oxygens (including phenoxy) is 1. The molecule has 0 unspecified atom stereocenters. The summed E-state index contributed by atoms with van der Waals surface area (Å²) < 4.78 is 11.2. The van der Waals surface area contributed by atoms with Crippen LogP contribution in [0.5, 0.6) is 0 Å². The molecule has 0 amide bonds. The zero-order chi connectivity index (χ0) is 25.3. The Morgan fingerprint density at radius 3 is 2.11 bits per heavy atom. The van der Waals surface area contributed by atoms with Crippen molar-refractivity contribution in [1.82, 2.24) is 5.16 Å². The number of aliphatic carboxylic acids is 1. The molecule has 0 spiro atoms. The van der Waals surface area contributed by atoms with Crippen molar-refractivity contribution >= 4 is 11.9 Å². The van der Waals surface area contributed by atoms with E-state index >= 15 is 0 Å². The van der Waals surface area contributed by atoms with Gasteiger partial charge >= 0.3 is 11.9 Å². The third-order valence-electron chi connectivity index (χ3n) is 6.96. The van der Waals surface area contributed by atoms with Crippen LogP contribution in [0.4, 0.5) is 0 Å². The van der Waals surface area contributed by atoms with Gasteiger partial charge in [-0.3, -0.25) is 9.59 Å². The van der Waals surface area contributed by atoms with Crippen molar-refractivity contribution in [3.05, 3.63) is 101 Å². The van der Waals surface area contributed by atoms with Crippen LogP contribution in [-0.2, 0) is 26.2 Å². The van der Waals surface area contributed by atoms with E-state index in [1.54, 1.807) is 0 Å². The predicted octanol–water partition coefficient (Wildman–Crippen LogP) is 6.28. The Balaban J connectivity index is 1.30. The third kappa shape index (κ3) is 4.54. The summed E-state index contributed by atoms with van der Waals surface area (Å²) in [5, 5.41) is 13.6. The van der Waals surface area contributed by atoms with Gasteiger partial charge in [0.25, 0.3) is 0 Å². The normalized spacial score (nSPS) is 14.7. The number of carboxylic acids is 1. The quantitative estimate of drug-likeness (QED) is 0.299. The summed E-state index contributed by atoms with van der Waals surface area (Å²) in [6.07, 6.45) is 1.09. The second kappa shape index (κ2) is 9.46. The molecule has 6 nitrogen and oxygen atoms in total. The van der Waals surface area contributed by atoms with Gasteiger partial charge in [0, 0.05) is 11.1 Å². The van der Waals surface area contributed by atoms with Gasteiger partial charge in [-0.1, -0.05) is 84.0 Å². The molecule has 5 rings (SSSR count). The van der Waals surface area contributed by atoms with Gasteiger partial charge in [-0.05, 0) is 48.9 Å². The van der Waals surface area contributed by atoms with Crippen LogP contribution in [0.25, 0.3) is 22.5 Å². The molecule has 1 fully saturated rings.